The molecule has 0 aliphatic heterocycles. The Morgan fingerprint density at radius 1 is 0.607 bits per heavy atom. The number of fused-ring (bicyclic) bond motifs is 5. The molecule has 2 nitrogen and oxygen atoms in total. The number of rotatable bonds is 2. The van der Waals surface area contributed by atoms with E-state index < -0.39 is 0 Å². The first kappa shape index (κ1) is 15.3. The molecule has 4 aromatic carbocycles. The molecule has 0 bridgehead atoms. The molecule has 0 fully saturated rings. The van der Waals surface area contributed by atoms with E-state index in [1.165, 1.54) is 27.4 Å². The zero-order valence-electron chi connectivity index (χ0n) is 15.2. The molecule has 2 heterocycles. The first-order chi connectivity index (χ1) is 13.9. The van der Waals surface area contributed by atoms with Crippen LogP contribution in [0, 0.1) is 0 Å². The van der Waals surface area contributed by atoms with Gasteiger partial charge in [-0.2, -0.15) is 0 Å². The molecule has 28 heavy (non-hydrogen) atoms. The van der Waals surface area contributed by atoms with E-state index in [0.29, 0.717) is 0 Å². The van der Waals surface area contributed by atoms with E-state index in [1.807, 2.05) is 12.1 Å². The number of hydrogen-bond acceptors (Lipinski definition) is 1. The van der Waals surface area contributed by atoms with Crippen LogP contribution >= 0.6 is 0 Å². The summed E-state index contributed by atoms with van der Waals surface area (Å²) in [4.78, 5) is 0. The number of hydrogen-bond donors (Lipinski definition) is 0. The fourth-order valence-electron chi connectivity index (χ4n) is 4.20. The summed E-state index contributed by atoms with van der Waals surface area (Å²) in [5.41, 5.74) is 6.79. The van der Waals surface area contributed by atoms with E-state index in [4.69, 9.17) is 4.42 Å². The SMILES string of the molecule is c1ccc(-c2cccc(-n3c4ccccc4c4ccc5ccoc5c43)c2)cc1. The topological polar surface area (TPSA) is 18.1 Å². The Morgan fingerprint density at radius 2 is 1.43 bits per heavy atom. The van der Waals surface area contributed by atoms with Crippen molar-refractivity contribution in [3.8, 4) is 16.8 Å². The Bertz CT molecular complexity index is 1450. The molecule has 0 unspecified atom stereocenters. The highest BCUT2D eigenvalue weighted by Crippen LogP contribution is 2.37. The highest BCUT2D eigenvalue weighted by molar-refractivity contribution is 6.17. The smallest absolute Gasteiger partial charge is 0.158 e. The third-order valence-electron chi connectivity index (χ3n) is 5.47. The fourth-order valence-corrected chi connectivity index (χ4v) is 4.20. The van der Waals surface area contributed by atoms with Gasteiger partial charge in [0, 0.05) is 21.8 Å². The molecule has 0 radical (unpaired) electrons. The first-order valence-corrected chi connectivity index (χ1v) is 9.45. The number of para-hydroxylation sites is 1. The van der Waals surface area contributed by atoms with Crippen LogP contribution in [0.15, 0.2) is 108 Å². The van der Waals surface area contributed by atoms with Crippen molar-refractivity contribution in [2.45, 2.75) is 0 Å². The molecule has 6 aromatic rings. The summed E-state index contributed by atoms with van der Waals surface area (Å²) < 4.78 is 8.24. The molecular formula is C26H17NO. The Kier molecular flexibility index (Phi) is 3.20. The molecule has 0 saturated heterocycles. The summed E-state index contributed by atoms with van der Waals surface area (Å²) in [7, 11) is 0. The second kappa shape index (κ2) is 5.86. The zero-order chi connectivity index (χ0) is 18.5. The van der Waals surface area contributed by atoms with Crippen LogP contribution in [0.1, 0.15) is 0 Å². The average Bonchev–Trinajstić information content (AvgIpc) is 3.37. The number of furan rings is 1. The van der Waals surface area contributed by atoms with Crippen molar-refractivity contribution in [1.82, 2.24) is 4.57 Å². The van der Waals surface area contributed by atoms with Gasteiger partial charge in [0.2, 0.25) is 0 Å². The maximum absolute atomic E-state index is 5.92. The van der Waals surface area contributed by atoms with Gasteiger partial charge in [0.05, 0.1) is 17.3 Å². The van der Waals surface area contributed by atoms with Gasteiger partial charge in [0.1, 0.15) is 0 Å². The van der Waals surface area contributed by atoms with Crippen molar-refractivity contribution >= 4 is 32.8 Å². The minimum absolute atomic E-state index is 0.929. The van der Waals surface area contributed by atoms with Crippen molar-refractivity contribution < 1.29 is 4.42 Å². The molecular weight excluding hydrogens is 342 g/mol. The van der Waals surface area contributed by atoms with Crippen LogP contribution in [0.25, 0.3) is 49.6 Å². The van der Waals surface area contributed by atoms with Gasteiger partial charge in [-0.15, -0.1) is 0 Å². The van der Waals surface area contributed by atoms with E-state index in [0.717, 1.165) is 22.2 Å². The number of benzene rings is 4. The molecule has 0 spiro atoms. The normalized spacial score (nSPS) is 11.6. The third-order valence-corrected chi connectivity index (χ3v) is 5.47. The second-order valence-electron chi connectivity index (χ2n) is 7.07. The quantitative estimate of drug-likeness (QED) is 0.320. The maximum atomic E-state index is 5.92. The van der Waals surface area contributed by atoms with Gasteiger partial charge in [0.25, 0.3) is 0 Å². The molecule has 132 valence electrons. The molecule has 2 aromatic heterocycles. The molecule has 0 N–H and O–H groups in total. The van der Waals surface area contributed by atoms with Gasteiger partial charge >= 0.3 is 0 Å². The van der Waals surface area contributed by atoms with Crippen LogP contribution in [-0.4, -0.2) is 4.57 Å². The molecule has 6 rings (SSSR count). The maximum Gasteiger partial charge on any atom is 0.158 e. The Morgan fingerprint density at radius 3 is 2.36 bits per heavy atom. The van der Waals surface area contributed by atoms with Gasteiger partial charge in [0.15, 0.2) is 5.58 Å². The lowest BCUT2D eigenvalue weighted by atomic mass is 10.1. The van der Waals surface area contributed by atoms with Gasteiger partial charge in [-0.1, -0.05) is 72.8 Å². The molecule has 0 aliphatic carbocycles. The van der Waals surface area contributed by atoms with E-state index in [-0.39, 0.29) is 0 Å². The van der Waals surface area contributed by atoms with Crippen molar-refractivity contribution in [2.75, 3.05) is 0 Å². The predicted molar refractivity (Wildman–Crippen MR) is 116 cm³/mol. The van der Waals surface area contributed by atoms with Crippen LogP contribution < -0.4 is 0 Å². The minimum atomic E-state index is 0.929. The van der Waals surface area contributed by atoms with Gasteiger partial charge < -0.3 is 8.98 Å². The summed E-state index contributed by atoms with van der Waals surface area (Å²) in [6, 6.07) is 34.1. The monoisotopic (exact) mass is 359 g/mol. The summed E-state index contributed by atoms with van der Waals surface area (Å²) in [5.74, 6) is 0. The predicted octanol–water partition coefficient (Wildman–Crippen LogP) is 7.20. The summed E-state index contributed by atoms with van der Waals surface area (Å²) in [5, 5.41) is 3.57. The molecule has 0 saturated carbocycles. The number of nitrogens with zero attached hydrogens (tertiary/aromatic N) is 1. The molecule has 0 amide bonds. The van der Waals surface area contributed by atoms with Gasteiger partial charge in [-0.25, -0.2) is 0 Å². The van der Waals surface area contributed by atoms with Crippen molar-refractivity contribution in [3.05, 3.63) is 103 Å². The second-order valence-corrected chi connectivity index (χ2v) is 7.07. The number of aromatic nitrogens is 1. The van der Waals surface area contributed by atoms with E-state index >= 15 is 0 Å². The Balaban J connectivity index is 1.73. The van der Waals surface area contributed by atoms with Crippen LogP contribution in [0.4, 0.5) is 0 Å². The van der Waals surface area contributed by atoms with Crippen molar-refractivity contribution in [1.29, 1.82) is 0 Å². The lowest BCUT2D eigenvalue weighted by molar-refractivity contribution is 0.618. The lowest BCUT2D eigenvalue weighted by Crippen LogP contribution is -1.94. The highest BCUT2D eigenvalue weighted by atomic mass is 16.3. The van der Waals surface area contributed by atoms with Crippen LogP contribution in [0.2, 0.25) is 0 Å². The van der Waals surface area contributed by atoms with Crippen LogP contribution in [0.3, 0.4) is 0 Å². The van der Waals surface area contributed by atoms with Crippen LogP contribution in [0.5, 0.6) is 0 Å². The van der Waals surface area contributed by atoms with Gasteiger partial charge in [-0.05, 0) is 35.4 Å². The summed E-state index contributed by atoms with van der Waals surface area (Å²) >= 11 is 0. The molecule has 0 aliphatic rings. The van der Waals surface area contributed by atoms with Crippen LogP contribution in [-0.2, 0) is 0 Å². The summed E-state index contributed by atoms with van der Waals surface area (Å²) in [6.45, 7) is 0. The standard InChI is InChI=1S/C26H17NO/c1-2-7-18(8-3-1)20-9-6-10-21(17-20)27-24-12-5-4-11-22(24)23-14-13-19-15-16-28-26(19)25(23)27/h1-17H. The largest absolute Gasteiger partial charge is 0.462 e. The highest BCUT2D eigenvalue weighted by Gasteiger charge is 2.16. The van der Waals surface area contributed by atoms with Crippen molar-refractivity contribution in [3.63, 3.8) is 0 Å². The minimum Gasteiger partial charge on any atom is -0.462 e. The van der Waals surface area contributed by atoms with E-state index in [1.54, 1.807) is 6.26 Å². The van der Waals surface area contributed by atoms with E-state index in [2.05, 4.69) is 89.5 Å². The average molecular weight is 359 g/mol. The van der Waals surface area contributed by atoms with E-state index in [9.17, 15) is 0 Å². The zero-order valence-corrected chi connectivity index (χ0v) is 15.2. The van der Waals surface area contributed by atoms with Gasteiger partial charge in [-0.3, -0.25) is 0 Å². The third kappa shape index (κ3) is 2.15. The fraction of sp³-hybridized carbons (Fsp3) is 0. The van der Waals surface area contributed by atoms with Crippen molar-refractivity contribution in [2.24, 2.45) is 0 Å². The molecule has 2 heteroatoms. The lowest BCUT2D eigenvalue weighted by Gasteiger charge is -2.10. The summed E-state index contributed by atoms with van der Waals surface area (Å²) in [6.07, 6.45) is 1.77. The Labute approximate surface area is 162 Å². The molecule has 0 atom stereocenters. The Hall–Kier alpha value is -3.78. The first-order valence-electron chi connectivity index (χ1n) is 9.45.